The largest absolute Gasteiger partial charge is 0.512 e. The Morgan fingerprint density at radius 1 is 0.290 bits per heavy atom. The van der Waals surface area contributed by atoms with E-state index in [0.29, 0.717) is 22.7 Å². The normalized spacial score (nSPS) is 10.8. The van der Waals surface area contributed by atoms with Crippen LogP contribution in [-0.2, 0) is 131 Å². The minimum atomic E-state index is -0.235. The summed E-state index contributed by atoms with van der Waals surface area (Å²) in [5.74, 6) is 0.634. The Morgan fingerprint density at radius 3 is 0.883 bits per heavy atom. The number of rotatable bonds is 14. The zero-order valence-corrected chi connectivity index (χ0v) is 98.9. The number of halogens is 1. The third-order valence-corrected chi connectivity index (χ3v) is 20.4. The molecule has 5 radical (unpaired) electrons. The van der Waals surface area contributed by atoms with Crippen LogP contribution < -0.4 is 0 Å². The molecule has 0 aliphatic heterocycles. The molecular formula is C124H129FIr5N5O10-5. The van der Waals surface area contributed by atoms with Gasteiger partial charge in [-0.2, -0.15) is 0 Å². The van der Waals surface area contributed by atoms with Crippen molar-refractivity contribution in [2.24, 2.45) is 5.92 Å². The van der Waals surface area contributed by atoms with Gasteiger partial charge in [-0.3, -0.25) is 48.9 Å². The van der Waals surface area contributed by atoms with Crippen LogP contribution >= 0.6 is 0 Å². The van der Waals surface area contributed by atoms with Gasteiger partial charge in [0.25, 0.3) is 0 Å². The molecule has 0 aliphatic carbocycles. The molecule has 0 spiro atoms. The zero-order valence-electron chi connectivity index (χ0n) is 86.9. The van der Waals surface area contributed by atoms with Gasteiger partial charge in [-0.1, -0.05) is 243 Å². The zero-order chi connectivity index (χ0) is 103. The summed E-state index contributed by atoms with van der Waals surface area (Å²) in [4.78, 5) is 73.9. The predicted molar refractivity (Wildman–Crippen MR) is 576 cm³/mol. The smallest absolute Gasteiger partial charge is 0.155 e. The topological polar surface area (TPSA) is 251 Å². The molecule has 0 fully saturated rings. The van der Waals surface area contributed by atoms with E-state index in [0.717, 1.165) is 118 Å². The SMILES string of the molecule is CC(=O)C=C(C)O.CC(=O)C=C(C)O.CC(=O)C=C(C)O.CC(=O)C=C(C)O.CC(=O)C=C(C)O.Cc1[c-]c(-c2ccc3c(C)cccc3n2)cc(C)c1.Cc1[c-]c(-c2ccc3c(F)cccc3n2)cc(C)c1.Cc1[c-]c(-c2ccc3ccc(-c4ccccc4)cc3n2)cc(C)c1.Cc1[c-]c(-c2ccc3ccc(C(C)C)cc3n2)cc(C)c1.Cc1[c-]c(-c2ccc3ccc(CC(C)C)cc3n2)cc(C)c1.[Ir].[Ir].[Ir].[Ir].[Ir]. The van der Waals surface area contributed by atoms with E-state index >= 15 is 0 Å². The third kappa shape index (κ3) is 45.9. The van der Waals surface area contributed by atoms with E-state index in [-0.39, 0.29) is 164 Å². The van der Waals surface area contributed by atoms with Crippen LogP contribution in [0.5, 0.6) is 0 Å². The monoisotopic (exact) mass is 2830 g/mol. The molecule has 0 saturated carbocycles. The number of allylic oxidation sites excluding steroid dienone is 10. The first-order valence-electron chi connectivity index (χ1n) is 46.3. The summed E-state index contributed by atoms with van der Waals surface area (Å²) in [6.07, 6.45) is 6.93. The second-order valence-electron chi connectivity index (χ2n) is 35.7. The molecule has 0 bridgehead atoms. The molecule has 16 aromatic rings. The molecule has 11 aromatic carbocycles. The average Bonchev–Trinajstić information content (AvgIpc) is 0.797. The number of aromatic nitrogens is 5. The number of aryl methyl sites for hydroxylation is 11. The van der Waals surface area contributed by atoms with Crippen molar-refractivity contribution in [3.05, 3.63) is 410 Å². The Hall–Kier alpha value is -12.3. The molecule has 15 nitrogen and oxygen atoms in total. The minimum absolute atomic E-state index is 0. The second-order valence-corrected chi connectivity index (χ2v) is 35.7. The summed E-state index contributed by atoms with van der Waals surface area (Å²) >= 11 is 0. The molecule has 767 valence electrons. The fourth-order valence-corrected chi connectivity index (χ4v) is 15.0. The van der Waals surface area contributed by atoms with Crippen LogP contribution in [0.25, 0.3) is 122 Å². The van der Waals surface area contributed by atoms with E-state index in [1.54, 1.807) is 12.1 Å². The van der Waals surface area contributed by atoms with Crippen LogP contribution in [0.15, 0.2) is 302 Å². The maximum atomic E-state index is 13.6. The number of carbonyl (C=O) groups excluding carboxylic acids is 5. The number of pyridine rings is 5. The van der Waals surface area contributed by atoms with E-state index in [2.05, 4.69) is 326 Å². The van der Waals surface area contributed by atoms with Crippen LogP contribution in [0.3, 0.4) is 0 Å². The molecule has 21 heteroatoms. The molecule has 5 heterocycles. The van der Waals surface area contributed by atoms with Crippen molar-refractivity contribution in [1.82, 2.24) is 24.9 Å². The number of fused-ring (bicyclic) bond motifs is 5. The van der Waals surface area contributed by atoms with Gasteiger partial charge >= 0.3 is 0 Å². The van der Waals surface area contributed by atoms with Crippen LogP contribution in [0.4, 0.5) is 4.39 Å². The summed E-state index contributed by atoms with van der Waals surface area (Å²) in [6.45, 7) is 46.1. The first-order valence-corrected chi connectivity index (χ1v) is 46.3. The Labute approximate surface area is 923 Å². The van der Waals surface area contributed by atoms with Gasteiger partial charge in [0, 0.05) is 142 Å². The van der Waals surface area contributed by atoms with Gasteiger partial charge in [-0.15, -0.1) is 174 Å². The number of benzene rings is 11. The number of carbonyl (C=O) groups is 5. The number of ketones is 5. The third-order valence-electron chi connectivity index (χ3n) is 20.4. The number of aliphatic hydroxyl groups is 5. The summed E-state index contributed by atoms with van der Waals surface area (Å²) in [6, 6.07) is 99.9. The van der Waals surface area contributed by atoms with E-state index in [4.69, 9.17) is 45.5 Å². The van der Waals surface area contributed by atoms with Gasteiger partial charge in [0.05, 0.1) is 56.4 Å². The van der Waals surface area contributed by atoms with E-state index in [9.17, 15) is 28.4 Å². The molecule has 16 rings (SSSR count). The minimum Gasteiger partial charge on any atom is -0.512 e. The van der Waals surface area contributed by atoms with E-state index in [1.807, 2.05) is 38.1 Å². The molecule has 5 N–H and O–H groups in total. The fraction of sp³-hybridized carbons (Fsp3) is 0.226. The molecule has 0 amide bonds. The number of hydrogen-bond donors (Lipinski definition) is 5. The van der Waals surface area contributed by atoms with Gasteiger partial charge in [0.2, 0.25) is 0 Å². The second kappa shape index (κ2) is 63.9. The Balaban J connectivity index is 0.000000562. The van der Waals surface area contributed by atoms with Crippen molar-refractivity contribution in [1.29, 1.82) is 0 Å². The summed E-state index contributed by atoms with van der Waals surface area (Å²) in [5.41, 5.74) is 33.1. The Kier molecular flexibility index (Phi) is 56.7. The van der Waals surface area contributed by atoms with Crippen molar-refractivity contribution in [3.8, 4) is 67.4 Å². The number of nitrogens with zero attached hydrogens (tertiary/aromatic N) is 5. The number of hydrogen-bond acceptors (Lipinski definition) is 15. The summed E-state index contributed by atoms with van der Waals surface area (Å²) in [7, 11) is 0. The van der Waals surface area contributed by atoms with Gasteiger partial charge in [-0.05, 0) is 203 Å². The van der Waals surface area contributed by atoms with Crippen molar-refractivity contribution >= 4 is 83.4 Å². The standard InChI is InChI=1S/C23H18N.C21H22N.C20H20N.C18H16N.C17H13FN.5C5H8O2.5Ir/c1-16-12-17(2)14-21(13-16)22-11-10-19-8-9-20(15-23(19)24-22)18-6-4-3-5-7-18;1-14(2)9-17-5-6-18-7-8-20(22-21(18)13-17)19-11-15(3)10-16(4)12-19;1-13(2)17-6-5-16-7-8-19(21-20(16)12-17)18-10-14(3)9-15(4)11-18;1-12-9-13(2)11-15(10-12)17-8-7-16-14(3)5-4-6-18(16)19-17;1-11-8-12(2)10-13(9-11)16-7-6-14-15(18)4-3-5-17(14)19-16;5*1-4(6)3-5(2)7;;;;;/h3-13,15H,1-2H3;5-8,10-11,13-14H,9H2,1-4H3;5-10,12-13H,1-4H3;4-10H,1-3H3;3-9H,1-2H3;5*3,6H,1-2H3;;;;;/q5*-1;;;;;;;;;;. The average molecular weight is 2830 g/mol. The molecule has 0 saturated heterocycles. The fourth-order valence-electron chi connectivity index (χ4n) is 15.0. The quantitative estimate of drug-likeness (QED) is 0.0386. The van der Waals surface area contributed by atoms with Crippen molar-refractivity contribution in [3.63, 3.8) is 0 Å². The van der Waals surface area contributed by atoms with Crippen molar-refractivity contribution < 1.29 is 154 Å². The summed E-state index contributed by atoms with van der Waals surface area (Å²) < 4.78 is 13.6. The van der Waals surface area contributed by atoms with Crippen LogP contribution in [-0.4, -0.2) is 79.4 Å². The van der Waals surface area contributed by atoms with E-state index in [1.165, 1.54) is 177 Å². The molecule has 0 aliphatic rings. The van der Waals surface area contributed by atoms with Gasteiger partial charge in [-0.25, -0.2) is 4.39 Å². The number of aliphatic hydroxyl groups excluding tert-OH is 5. The molecule has 145 heavy (non-hydrogen) atoms. The predicted octanol–water partition coefficient (Wildman–Crippen LogP) is 31.2. The van der Waals surface area contributed by atoms with Gasteiger partial charge < -0.3 is 25.5 Å². The van der Waals surface area contributed by atoms with Crippen LogP contribution in [0, 0.1) is 118 Å². The van der Waals surface area contributed by atoms with Crippen LogP contribution in [0.1, 0.15) is 175 Å². The Morgan fingerprint density at radius 2 is 0.572 bits per heavy atom. The molecule has 5 aromatic heterocycles. The van der Waals surface area contributed by atoms with Crippen molar-refractivity contribution in [2.45, 2.75) is 185 Å². The first-order chi connectivity index (χ1) is 66.1. The molecular weight excluding hydrogens is 2700 g/mol. The van der Waals surface area contributed by atoms with Gasteiger partial charge in [0.1, 0.15) is 5.82 Å². The van der Waals surface area contributed by atoms with Crippen LogP contribution in [0.2, 0.25) is 0 Å². The molecule has 0 unspecified atom stereocenters. The van der Waals surface area contributed by atoms with Crippen molar-refractivity contribution in [2.75, 3.05) is 0 Å². The Bertz CT molecular complexity index is 6840. The maximum absolute atomic E-state index is 13.6. The van der Waals surface area contributed by atoms with E-state index < -0.39 is 0 Å². The molecule has 0 atom stereocenters. The van der Waals surface area contributed by atoms with Gasteiger partial charge in [0.15, 0.2) is 28.9 Å². The maximum Gasteiger partial charge on any atom is 0.155 e. The first kappa shape index (κ1) is 129. The summed E-state index contributed by atoms with van der Waals surface area (Å²) in [5, 5.41) is 47.1.